The van der Waals surface area contributed by atoms with E-state index in [1.165, 1.54) is 18.7 Å². The predicted molar refractivity (Wildman–Crippen MR) is 95.3 cm³/mol. The first-order valence-electron chi connectivity index (χ1n) is 8.45. The van der Waals surface area contributed by atoms with Crippen LogP contribution in [0.25, 0.3) is 0 Å². The van der Waals surface area contributed by atoms with E-state index >= 15 is 0 Å². The second-order valence-corrected chi connectivity index (χ2v) is 6.13. The van der Waals surface area contributed by atoms with Crippen LogP contribution in [0.15, 0.2) is 42.5 Å². The third kappa shape index (κ3) is 4.03. The number of hydrogen-bond donors (Lipinski definition) is 2. The van der Waals surface area contributed by atoms with E-state index in [0.717, 1.165) is 12.0 Å². The molecule has 2 aromatic rings. The first-order valence-corrected chi connectivity index (χ1v) is 8.45. The maximum absolute atomic E-state index is 12.3. The molecule has 0 spiro atoms. The normalized spacial score (nSPS) is 15.8. The molecule has 0 aliphatic carbocycles. The molecule has 6 nitrogen and oxygen atoms in total. The number of carboxylic acids is 1. The van der Waals surface area contributed by atoms with Gasteiger partial charge in [0, 0.05) is 6.54 Å². The van der Waals surface area contributed by atoms with E-state index in [1.54, 1.807) is 12.1 Å². The molecule has 0 bridgehead atoms. The van der Waals surface area contributed by atoms with E-state index in [9.17, 15) is 14.7 Å². The molecule has 0 radical (unpaired) electrons. The van der Waals surface area contributed by atoms with Crippen LogP contribution < -0.4 is 10.1 Å². The molecule has 3 rings (SSSR count). The van der Waals surface area contributed by atoms with Crippen molar-refractivity contribution in [2.45, 2.75) is 25.5 Å². The van der Waals surface area contributed by atoms with Crippen molar-refractivity contribution in [3.8, 4) is 5.75 Å². The second kappa shape index (κ2) is 8.01. The van der Waals surface area contributed by atoms with Gasteiger partial charge >= 0.3 is 5.97 Å². The van der Waals surface area contributed by atoms with Gasteiger partial charge in [0.2, 0.25) is 5.91 Å². The van der Waals surface area contributed by atoms with Crippen molar-refractivity contribution in [3.05, 3.63) is 64.7 Å². The van der Waals surface area contributed by atoms with Crippen LogP contribution in [-0.2, 0) is 22.5 Å². The lowest BCUT2D eigenvalue weighted by Gasteiger charge is -2.25. The Morgan fingerprint density at radius 2 is 2.08 bits per heavy atom. The monoisotopic (exact) mass is 355 g/mol. The Hall–Kier alpha value is -2.86. The number of carboxylic acid groups (broad SMARTS) is 1. The van der Waals surface area contributed by atoms with Crippen LogP contribution in [0, 0.1) is 0 Å². The Kier molecular flexibility index (Phi) is 5.53. The van der Waals surface area contributed by atoms with Gasteiger partial charge in [0.15, 0.2) is 0 Å². The number of fused-ring (bicyclic) bond motifs is 1. The Bertz CT molecular complexity index is 818. The highest BCUT2D eigenvalue weighted by atomic mass is 16.5. The summed E-state index contributed by atoms with van der Waals surface area (Å²) in [6, 6.07) is 12.8. The van der Waals surface area contributed by atoms with E-state index in [0.29, 0.717) is 17.9 Å². The van der Waals surface area contributed by atoms with E-state index in [1.807, 2.05) is 18.2 Å². The lowest BCUT2D eigenvalue weighted by Crippen LogP contribution is -2.27. The molecule has 0 saturated carbocycles. The maximum Gasteiger partial charge on any atom is 0.339 e. The summed E-state index contributed by atoms with van der Waals surface area (Å²) in [5.74, 6) is -0.915. The summed E-state index contributed by atoms with van der Waals surface area (Å²) in [4.78, 5) is 23.6. The molecule has 136 valence electrons. The van der Waals surface area contributed by atoms with Crippen molar-refractivity contribution < 1.29 is 24.2 Å². The van der Waals surface area contributed by atoms with E-state index in [2.05, 4.69) is 11.4 Å². The smallest absolute Gasteiger partial charge is 0.339 e. The van der Waals surface area contributed by atoms with Gasteiger partial charge in [0.05, 0.1) is 26.2 Å². The number of methoxy groups -OCH3 is 1. The highest BCUT2D eigenvalue weighted by Crippen LogP contribution is 2.29. The average molecular weight is 355 g/mol. The summed E-state index contributed by atoms with van der Waals surface area (Å²) in [7, 11) is 1.42. The van der Waals surface area contributed by atoms with Gasteiger partial charge in [-0.15, -0.1) is 0 Å². The van der Waals surface area contributed by atoms with Gasteiger partial charge in [-0.1, -0.05) is 30.3 Å². The van der Waals surface area contributed by atoms with Crippen LogP contribution in [0.5, 0.6) is 5.75 Å². The SMILES string of the molecule is COc1ccc(CNC(=O)C[C@H]2OCCc3ccccc32)cc1C(=O)O. The van der Waals surface area contributed by atoms with Gasteiger partial charge in [-0.25, -0.2) is 4.79 Å². The molecule has 1 atom stereocenters. The molecule has 0 saturated heterocycles. The molecule has 1 aliphatic rings. The predicted octanol–water partition coefficient (Wildman–Crippen LogP) is 2.71. The van der Waals surface area contributed by atoms with Crippen LogP contribution >= 0.6 is 0 Å². The third-order valence-corrected chi connectivity index (χ3v) is 4.45. The zero-order valence-electron chi connectivity index (χ0n) is 14.5. The van der Waals surface area contributed by atoms with Gasteiger partial charge in [-0.2, -0.15) is 0 Å². The van der Waals surface area contributed by atoms with Crippen molar-refractivity contribution in [2.24, 2.45) is 0 Å². The van der Waals surface area contributed by atoms with Crippen molar-refractivity contribution in [1.29, 1.82) is 0 Å². The van der Waals surface area contributed by atoms with Crippen LogP contribution in [0.2, 0.25) is 0 Å². The van der Waals surface area contributed by atoms with Crippen molar-refractivity contribution in [1.82, 2.24) is 5.32 Å². The summed E-state index contributed by atoms with van der Waals surface area (Å²) in [6.07, 6.45) is 0.849. The van der Waals surface area contributed by atoms with Crippen molar-refractivity contribution in [2.75, 3.05) is 13.7 Å². The number of carbonyl (C=O) groups excluding carboxylic acids is 1. The van der Waals surface area contributed by atoms with Gasteiger partial charge in [0.25, 0.3) is 0 Å². The molecule has 1 amide bonds. The van der Waals surface area contributed by atoms with Gasteiger partial charge in [-0.3, -0.25) is 4.79 Å². The minimum atomic E-state index is -1.07. The van der Waals surface area contributed by atoms with Crippen molar-refractivity contribution in [3.63, 3.8) is 0 Å². The summed E-state index contributed by atoms with van der Waals surface area (Å²) < 4.78 is 10.8. The number of carbonyl (C=O) groups is 2. The molecule has 6 heteroatoms. The van der Waals surface area contributed by atoms with Gasteiger partial charge in [-0.05, 0) is 35.2 Å². The first-order chi connectivity index (χ1) is 12.6. The highest BCUT2D eigenvalue weighted by molar-refractivity contribution is 5.91. The number of rotatable bonds is 6. The van der Waals surface area contributed by atoms with E-state index < -0.39 is 5.97 Å². The topological polar surface area (TPSA) is 84.9 Å². The summed E-state index contributed by atoms with van der Waals surface area (Å²) >= 11 is 0. The zero-order chi connectivity index (χ0) is 18.5. The molecule has 1 heterocycles. The summed E-state index contributed by atoms with van der Waals surface area (Å²) in [6.45, 7) is 0.854. The van der Waals surface area contributed by atoms with Crippen LogP contribution in [0.1, 0.15) is 39.6 Å². The number of amides is 1. The zero-order valence-corrected chi connectivity index (χ0v) is 14.5. The Morgan fingerprint density at radius 3 is 2.85 bits per heavy atom. The Labute approximate surface area is 151 Å². The number of aromatic carboxylic acids is 1. The fourth-order valence-corrected chi connectivity index (χ4v) is 3.12. The molecular weight excluding hydrogens is 334 g/mol. The van der Waals surface area contributed by atoms with Crippen LogP contribution in [0.3, 0.4) is 0 Å². The fraction of sp³-hybridized carbons (Fsp3) is 0.300. The average Bonchev–Trinajstić information content (AvgIpc) is 2.66. The Morgan fingerprint density at radius 1 is 1.27 bits per heavy atom. The molecule has 1 aliphatic heterocycles. The number of hydrogen-bond acceptors (Lipinski definition) is 4. The molecule has 0 fully saturated rings. The second-order valence-electron chi connectivity index (χ2n) is 6.13. The fourth-order valence-electron chi connectivity index (χ4n) is 3.12. The standard InChI is InChI=1S/C20H21NO5/c1-25-17-7-6-13(10-16(17)20(23)24)12-21-19(22)11-18-15-5-3-2-4-14(15)8-9-26-18/h2-7,10,18H,8-9,11-12H2,1H3,(H,21,22)(H,23,24)/t18-/m1/s1. The van der Waals surface area contributed by atoms with Gasteiger partial charge in [0.1, 0.15) is 11.3 Å². The van der Waals surface area contributed by atoms with Crippen LogP contribution in [0.4, 0.5) is 0 Å². The van der Waals surface area contributed by atoms with Gasteiger partial charge < -0.3 is 19.9 Å². The quantitative estimate of drug-likeness (QED) is 0.832. The minimum Gasteiger partial charge on any atom is -0.496 e. The first kappa shape index (κ1) is 17.9. The molecule has 26 heavy (non-hydrogen) atoms. The molecule has 0 aromatic heterocycles. The lowest BCUT2D eigenvalue weighted by molar-refractivity contribution is -0.124. The van der Waals surface area contributed by atoms with E-state index in [-0.39, 0.29) is 30.5 Å². The lowest BCUT2D eigenvalue weighted by atomic mass is 9.95. The number of benzene rings is 2. The molecule has 2 aromatic carbocycles. The maximum atomic E-state index is 12.3. The summed E-state index contributed by atoms with van der Waals surface area (Å²) in [5, 5.41) is 12.1. The van der Waals surface area contributed by atoms with Crippen molar-refractivity contribution >= 4 is 11.9 Å². The molecular formula is C20H21NO5. The number of ether oxygens (including phenoxy) is 2. The molecule has 0 unspecified atom stereocenters. The third-order valence-electron chi connectivity index (χ3n) is 4.45. The minimum absolute atomic E-state index is 0.0730. The number of nitrogens with one attached hydrogen (secondary N) is 1. The van der Waals surface area contributed by atoms with E-state index in [4.69, 9.17) is 9.47 Å². The molecule has 2 N–H and O–H groups in total. The Balaban J connectivity index is 1.62. The largest absolute Gasteiger partial charge is 0.496 e. The highest BCUT2D eigenvalue weighted by Gasteiger charge is 2.23. The van der Waals surface area contributed by atoms with Crippen LogP contribution in [-0.4, -0.2) is 30.7 Å². The summed E-state index contributed by atoms with van der Waals surface area (Å²) in [5.41, 5.74) is 3.05.